The minimum Gasteiger partial charge on any atom is -0.397 e. The van der Waals surface area contributed by atoms with Gasteiger partial charge in [-0.1, -0.05) is 0 Å². The van der Waals surface area contributed by atoms with Gasteiger partial charge in [0.2, 0.25) is 10.0 Å². The highest BCUT2D eigenvalue weighted by Crippen LogP contribution is 2.31. The lowest BCUT2D eigenvalue weighted by Crippen LogP contribution is -2.42. The third kappa shape index (κ3) is 3.05. The van der Waals surface area contributed by atoms with Crippen LogP contribution in [0.2, 0.25) is 0 Å². The number of rotatable bonds is 3. The zero-order valence-corrected chi connectivity index (χ0v) is 12.6. The van der Waals surface area contributed by atoms with Crippen molar-refractivity contribution in [3.8, 4) is 0 Å². The fourth-order valence-corrected chi connectivity index (χ4v) is 3.10. The number of nitrogens with zero attached hydrogens (tertiary/aromatic N) is 1. The first-order valence-electron chi connectivity index (χ1n) is 6.56. The molecule has 1 aromatic carbocycles. The molecule has 7 heteroatoms. The van der Waals surface area contributed by atoms with Gasteiger partial charge in [-0.3, -0.25) is 0 Å². The second kappa shape index (κ2) is 5.23. The second-order valence-corrected chi connectivity index (χ2v) is 7.30. The fraction of sp³-hybridized carbons (Fsp3) is 0.538. The van der Waals surface area contributed by atoms with Gasteiger partial charge in [-0.05, 0) is 45.0 Å². The van der Waals surface area contributed by atoms with Crippen molar-refractivity contribution in [3.05, 3.63) is 18.2 Å². The Hall–Kier alpha value is -1.31. The third-order valence-electron chi connectivity index (χ3n) is 3.76. The van der Waals surface area contributed by atoms with Gasteiger partial charge in [0, 0.05) is 13.1 Å². The van der Waals surface area contributed by atoms with E-state index in [1.165, 1.54) is 13.1 Å². The number of hydrogen-bond donors (Lipinski definition) is 3. The fourth-order valence-electron chi connectivity index (χ4n) is 2.33. The molecule has 2 rings (SSSR count). The molecule has 1 aliphatic rings. The number of benzene rings is 1. The summed E-state index contributed by atoms with van der Waals surface area (Å²) >= 11 is 0. The molecule has 0 radical (unpaired) electrons. The molecule has 6 nitrogen and oxygen atoms in total. The van der Waals surface area contributed by atoms with Gasteiger partial charge in [0.15, 0.2) is 0 Å². The molecule has 1 saturated heterocycles. The molecule has 1 fully saturated rings. The van der Waals surface area contributed by atoms with Gasteiger partial charge in [-0.2, -0.15) is 0 Å². The van der Waals surface area contributed by atoms with Crippen LogP contribution in [0.1, 0.15) is 19.8 Å². The van der Waals surface area contributed by atoms with E-state index < -0.39 is 15.6 Å². The summed E-state index contributed by atoms with van der Waals surface area (Å²) in [6, 6.07) is 4.73. The summed E-state index contributed by atoms with van der Waals surface area (Å²) in [5, 5.41) is 9.95. The summed E-state index contributed by atoms with van der Waals surface area (Å²) in [6.07, 6.45) is 1.34. The first-order chi connectivity index (χ1) is 9.25. The first-order valence-corrected chi connectivity index (χ1v) is 8.04. The van der Waals surface area contributed by atoms with Crippen LogP contribution < -0.4 is 15.4 Å². The average molecular weight is 299 g/mol. The summed E-state index contributed by atoms with van der Waals surface area (Å²) in [7, 11) is -2.11. The lowest BCUT2D eigenvalue weighted by atomic mass is 9.93. The number of piperidine rings is 1. The molecule has 112 valence electrons. The Balaban J connectivity index is 2.23. The van der Waals surface area contributed by atoms with Crippen molar-refractivity contribution in [2.75, 3.05) is 30.8 Å². The summed E-state index contributed by atoms with van der Waals surface area (Å²) in [6.45, 7) is 3.24. The highest BCUT2D eigenvalue weighted by molar-refractivity contribution is 7.89. The molecule has 1 aromatic rings. The molecule has 0 amide bonds. The maximum Gasteiger partial charge on any atom is 0.240 e. The minimum absolute atomic E-state index is 0.158. The highest BCUT2D eigenvalue weighted by atomic mass is 32.2. The average Bonchev–Trinajstić information content (AvgIpc) is 2.39. The van der Waals surface area contributed by atoms with E-state index in [1.54, 1.807) is 12.1 Å². The highest BCUT2D eigenvalue weighted by Gasteiger charge is 2.28. The summed E-state index contributed by atoms with van der Waals surface area (Å²) in [4.78, 5) is 2.23. The van der Waals surface area contributed by atoms with Crippen LogP contribution in [0, 0.1) is 0 Å². The van der Waals surface area contributed by atoms with Gasteiger partial charge in [0.05, 0.1) is 21.9 Å². The molecule has 0 aromatic heterocycles. The third-order valence-corrected chi connectivity index (χ3v) is 5.17. The Morgan fingerprint density at radius 2 is 1.95 bits per heavy atom. The summed E-state index contributed by atoms with van der Waals surface area (Å²) < 4.78 is 25.7. The molecule has 1 heterocycles. The SMILES string of the molecule is CNS(=O)(=O)c1ccc(N2CCC(C)(O)CC2)c(N)c1. The predicted octanol–water partition coefficient (Wildman–Crippen LogP) is 0.528. The molecule has 4 N–H and O–H groups in total. The Labute approximate surface area is 119 Å². The van der Waals surface area contributed by atoms with Crippen LogP contribution >= 0.6 is 0 Å². The van der Waals surface area contributed by atoms with Crippen LogP contribution in [0.25, 0.3) is 0 Å². The lowest BCUT2D eigenvalue weighted by molar-refractivity contribution is 0.0351. The smallest absolute Gasteiger partial charge is 0.240 e. The van der Waals surface area contributed by atoms with Gasteiger partial charge >= 0.3 is 0 Å². The lowest BCUT2D eigenvalue weighted by Gasteiger charge is -2.37. The van der Waals surface area contributed by atoms with Crippen molar-refractivity contribution in [3.63, 3.8) is 0 Å². The van der Waals surface area contributed by atoms with Gasteiger partial charge in [0.1, 0.15) is 0 Å². The molecular weight excluding hydrogens is 278 g/mol. The van der Waals surface area contributed by atoms with Crippen molar-refractivity contribution in [1.82, 2.24) is 4.72 Å². The van der Waals surface area contributed by atoms with Crippen molar-refractivity contribution in [2.45, 2.75) is 30.3 Å². The van der Waals surface area contributed by atoms with E-state index in [0.717, 1.165) is 5.69 Å². The zero-order chi connectivity index (χ0) is 15.0. The van der Waals surface area contributed by atoms with Crippen molar-refractivity contribution in [1.29, 1.82) is 0 Å². The van der Waals surface area contributed by atoms with Crippen molar-refractivity contribution in [2.24, 2.45) is 0 Å². The number of sulfonamides is 1. The molecule has 20 heavy (non-hydrogen) atoms. The van der Waals surface area contributed by atoms with Crippen LogP contribution in [0.5, 0.6) is 0 Å². The number of nitrogens with one attached hydrogen (secondary N) is 1. The van der Waals surface area contributed by atoms with E-state index >= 15 is 0 Å². The normalized spacial score (nSPS) is 19.1. The van der Waals surface area contributed by atoms with Crippen LogP contribution in [0.4, 0.5) is 11.4 Å². The van der Waals surface area contributed by atoms with E-state index in [1.807, 2.05) is 6.92 Å². The van der Waals surface area contributed by atoms with E-state index in [0.29, 0.717) is 31.6 Å². The number of aliphatic hydroxyl groups is 1. The minimum atomic E-state index is -3.48. The van der Waals surface area contributed by atoms with Crippen molar-refractivity contribution >= 4 is 21.4 Å². The zero-order valence-electron chi connectivity index (χ0n) is 11.8. The second-order valence-electron chi connectivity index (χ2n) is 5.41. The number of anilines is 2. The standard InChI is InChI=1S/C13H21N3O3S/c1-13(17)5-7-16(8-6-13)12-4-3-10(9-11(12)14)20(18,19)15-2/h3-4,9,15,17H,5-8,14H2,1-2H3. The van der Waals surface area contributed by atoms with E-state index in [2.05, 4.69) is 9.62 Å². The largest absolute Gasteiger partial charge is 0.397 e. The maximum absolute atomic E-state index is 11.7. The maximum atomic E-state index is 11.7. The monoisotopic (exact) mass is 299 g/mol. The van der Waals surface area contributed by atoms with Gasteiger partial charge in [-0.25, -0.2) is 13.1 Å². The van der Waals surface area contributed by atoms with Crippen LogP contribution in [0.3, 0.4) is 0 Å². The van der Waals surface area contributed by atoms with Crippen molar-refractivity contribution < 1.29 is 13.5 Å². The molecule has 0 aliphatic carbocycles. The van der Waals surface area contributed by atoms with E-state index in [-0.39, 0.29) is 4.90 Å². The molecule has 0 bridgehead atoms. The quantitative estimate of drug-likeness (QED) is 0.708. The molecular formula is C13H21N3O3S. The van der Waals surface area contributed by atoms with E-state index in [4.69, 9.17) is 5.73 Å². The Morgan fingerprint density at radius 1 is 1.35 bits per heavy atom. The van der Waals surface area contributed by atoms with Gasteiger partial charge < -0.3 is 15.7 Å². The van der Waals surface area contributed by atoms with Crippen LogP contribution in [-0.4, -0.2) is 39.3 Å². The Kier molecular flexibility index (Phi) is 3.95. The Morgan fingerprint density at radius 3 is 2.45 bits per heavy atom. The number of hydrogen-bond acceptors (Lipinski definition) is 5. The molecule has 1 aliphatic heterocycles. The molecule has 0 unspecified atom stereocenters. The number of nitrogen functional groups attached to an aromatic ring is 1. The summed E-state index contributed by atoms with van der Waals surface area (Å²) in [5.74, 6) is 0. The predicted molar refractivity (Wildman–Crippen MR) is 79.2 cm³/mol. The number of nitrogens with two attached hydrogens (primary N) is 1. The van der Waals surface area contributed by atoms with Gasteiger partial charge in [0.25, 0.3) is 0 Å². The Bertz CT molecular complexity index is 589. The topological polar surface area (TPSA) is 95.7 Å². The molecule has 0 saturated carbocycles. The van der Waals surface area contributed by atoms with Crippen LogP contribution in [0.15, 0.2) is 23.1 Å². The molecule has 0 atom stereocenters. The van der Waals surface area contributed by atoms with Gasteiger partial charge in [-0.15, -0.1) is 0 Å². The summed E-state index contributed by atoms with van der Waals surface area (Å²) in [5.41, 5.74) is 6.60. The molecule has 0 spiro atoms. The first kappa shape index (κ1) is 15.1. The van der Waals surface area contributed by atoms with Crippen LogP contribution in [-0.2, 0) is 10.0 Å². The van der Waals surface area contributed by atoms with E-state index in [9.17, 15) is 13.5 Å².